The van der Waals surface area contributed by atoms with Gasteiger partial charge in [-0.15, -0.1) is 5.10 Å². The highest BCUT2D eigenvalue weighted by molar-refractivity contribution is 5.97. The number of anilines is 1. The van der Waals surface area contributed by atoms with E-state index in [-0.39, 0.29) is 28.9 Å². The number of rotatable bonds is 6. The van der Waals surface area contributed by atoms with Crippen molar-refractivity contribution in [2.75, 3.05) is 38.3 Å². The zero-order valence-corrected chi connectivity index (χ0v) is 28.9. The molecule has 0 radical (unpaired) electrons. The zero-order chi connectivity index (χ0) is 34.3. The van der Waals surface area contributed by atoms with E-state index in [1.807, 2.05) is 12.1 Å². The number of nitrogens with zero attached hydrogens (tertiary/aromatic N) is 4. The summed E-state index contributed by atoms with van der Waals surface area (Å²) >= 11 is 0. The van der Waals surface area contributed by atoms with Crippen molar-refractivity contribution in [3.8, 4) is 5.75 Å². The molecule has 3 aromatic rings. The monoisotopic (exact) mass is 628 g/mol. The number of unbranched alkanes of at least 4 members (excludes halogenated alkanes) is 1. The molecule has 1 saturated heterocycles. The molecule has 2 aromatic heterocycles. The minimum absolute atomic E-state index is 0.0680. The van der Waals surface area contributed by atoms with Crippen LogP contribution in [0.3, 0.4) is 0 Å². The molecule has 3 N–H and O–H groups in total. The number of nitrogens with one attached hydrogen (secondary N) is 2. The Balaban J connectivity index is 0.000000551. The van der Waals surface area contributed by atoms with Crippen LogP contribution in [-0.4, -0.2) is 69.7 Å². The summed E-state index contributed by atoms with van der Waals surface area (Å²) in [6.45, 7) is 21.6. The van der Waals surface area contributed by atoms with Crippen LogP contribution < -0.4 is 20.8 Å². The SMILES string of the molecule is CC(C)(C)C(=O)O.CCCC.COc1c(N2CCOCC2)cc(C(=O)Cn2nc3c(C)c(C)c(=O)[nH]n3c2=N)cc1C(C)(C)C. The van der Waals surface area contributed by atoms with Gasteiger partial charge in [0.2, 0.25) is 5.62 Å². The lowest BCUT2D eigenvalue weighted by Crippen LogP contribution is -2.37. The van der Waals surface area contributed by atoms with Crippen LogP contribution in [0.1, 0.15) is 95.3 Å². The number of aromatic nitrogens is 4. The molecule has 1 fully saturated rings. The molecule has 4 rings (SSSR count). The van der Waals surface area contributed by atoms with Crippen LogP contribution in [0.5, 0.6) is 5.75 Å². The summed E-state index contributed by atoms with van der Waals surface area (Å²) in [4.78, 5) is 37.8. The van der Waals surface area contributed by atoms with Crippen LogP contribution in [0.4, 0.5) is 5.69 Å². The van der Waals surface area contributed by atoms with Gasteiger partial charge in [0.15, 0.2) is 11.4 Å². The highest BCUT2D eigenvalue weighted by atomic mass is 16.5. The van der Waals surface area contributed by atoms with Crippen LogP contribution in [0.25, 0.3) is 5.65 Å². The Hall–Kier alpha value is -3.93. The summed E-state index contributed by atoms with van der Waals surface area (Å²) in [6.07, 6.45) is 2.64. The molecule has 3 heterocycles. The van der Waals surface area contributed by atoms with E-state index in [4.69, 9.17) is 20.0 Å². The van der Waals surface area contributed by atoms with Gasteiger partial charge < -0.3 is 19.5 Å². The maximum absolute atomic E-state index is 13.5. The third-order valence-electron chi connectivity index (χ3n) is 7.53. The standard InChI is InChI=1S/C24H32N6O4.C5H10O2.C4H10/c1-14-15(2)22(32)27-30-21(14)26-29(23(30)25)13-19(31)16-11-17(24(3,4)5)20(33-6)18(12-16)28-7-9-34-10-8-28;1-5(2,3)4(6)7;1-3-4-2/h11-12,25H,7-10,13H2,1-6H3,(H,27,32);1-3H3,(H,6,7);3-4H2,1-2H3. The van der Waals surface area contributed by atoms with Crippen molar-refractivity contribution in [3.05, 3.63) is 50.4 Å². The Morgan fingerprint density at radius 2 is 1.60 bits per heavy atom. The predicted molar refractivity (Wildman–Crippen MR) is 176 cm³/mol. The number of hydrogen-bond donors (Lipinski definition) is 3. The second-order valence-electron chi connectivity index (χ2n) is 13.2. The number of morpholine rings is 1. The molecule has 0 spiro atoms. The average Bonchev–Trinajstić information content (AvgIpc) is 3.29. The summed E-state index contributed by atoms with van der Waals surface area (Å²) in [5.74, 6) is -0.176. The van der Waals surface area contributed by atoms with E-state index in [2.05, 4.69) is 49.7 Å². The van der Waals surface area contributed by atoms with Gasteiger partial charge in [0.25, 0.3) is 5.56 Å². The molecule has 1 aromatic carbocycles. The zero-order valence-electron chi connectivity index (χ0n) is 28.9. The predicted octanol–water partition coefficient (Wildman–Crippen LogP) is 4.87. The fourth-order valence-corrected chi connectivity index (χ4v) is 4.22. The van der Waals surface area contributed by atoms with Crippen molar-refractivity contribution < 1.29 is 24.2 Å². The molecule has 45 heavy (non-hydrogen) atoms. The Labute approximate surface area is 265 Å². The molecule has 12 heteroatoms. The highest BCUT2D eigenvalue weighted by Crippen LogP contribution is 2.40. The van der Waals surface area contributed by atoms with Gasteiger partial charge in [0.05, 0.1) is 31.4 Å². The van der Waals surface area contributed by atoms with Gasteiger partial charge in [-0.2, -0.15) is 4.52 Å². The number of Topliss-reactive ketones (excluding diaryl/α,β-unsaturated/α-hetero) is 1. The smallest absolute Gasteiger partial charge is 0.308 e. The number of fused-ring (bicyclic) bond motifs is 1. The maximum Gasteiger partial charge on any atom is 0.308 e. The number of aromatic amines is 1. The van der Waals surface area contributed by atoms with E-state index >= 15 is 0 Å². The van der Waals surface area contributed by atoms with Gasteiger partial charge >= 0.3 is 5.97 Å². The van der Waals surface area contributed by atoms with Gasteiger partial charge in [0, 0.05) is 35.3 Å². The Kier molecular flexibility index (Phi) is 12.7. The molecule has 0 saturated carbocycles. The van der Waals surface area contributed by atoms with E-state index in [1.165, 1.54) is 22.0 Å². The quantitative estimate of drug-likeness (QED) is 0.327. The number of ether oxygens (including phenoxy) is 2. The molecule has 250 valence electrons. The number of ketones is 1. The second-order valence-corrected chi connectivity index (χ2v) is 13.2. The lowest BCUT2D eigenvalue weighted by molar-refractivity contribution is -0.145. The number of hydrogen-bond acceptors (Lipinski definition) is 8. The van der Waals surface area contributed by atoms with E-state index < -0.39 is 11.4 Å². The van der Waals surface area contributed by atoms with Crippen molar-refractivity contribution in [3.63, 3.8) is 0 Å². The van der Waals surface area contributed by atoms with E-state index in [0.717, 1.165) is 17.0 Å². The fraction of sp³-hybridized carbons (Fsp3) is 0.606. The van der Waals surface area contributed by atoms with Gasteiger partial charge in [-0.1, -0.05) is 47.5 Å². The van der Waals surface area contributed by atoms with E-state index in [1.54, 1.807) is 41.7 Å². The molecular weight excluding hydrogens is 576 g/mol. The van der Waals surface area contributed by atoms with Crippen LogP contribution in [0.15, 0.2) is 16.9 Å². The Morgan fingerprint density at radius 1 is 1.04 bits per heavy atom. The number of aryl methyl sites for hydroxylation is 1. The van der Waals surface area contributed by atoms with Crippen LogP contribution in [0.2, 0.25) is 0 Å². The summed E-state index contributed by atoms with van der Waals surface area (Å²) < 4.78 is 14.0. The number of aliphatic carboxylic acids is 1. The van der Waals surface area contributed by atoms with Crippen molar-refractivity contribution in [2.24, 2.45) is 5.41 Å². The number of carboxylic acid groups (broad SMARTS) is 1. The van der Waals surface area contributed by atoms with E-state index in [9.17, 15) is 14.4 Å². The summed E-state index contributed by atoms with van der Waals surface area (Å²) in [5.41, 5.74) is 2.80. The average molecular weight is 629 g/mol. The van der Waals surface area contributed by atoms with E-state index in [0.29, 0.717) is 48.6 Å². The number of carbonyl (C=O) groups is 2. The van der Waals surface area contributed by atoms with Crippen molar-refractivity contribution >= 4 is 23.1 Å². The Bertz CT molecular complexity index is 1600. The van der Waals surface area contributed by atoms with Crippen LogP contribution in [-0.2, 0) is 21.5 Å². The third kappa shape index (κ3) is 9.29. The molecule has 0 amide bonds. The summed E-state index contributed by atoms with van der Waals surface area (Å²) in [7, 11) is 1.65. The minimum Gasteiger partial charge on any atom is -0.494 e. The van der Waals surface area contributed by atoms with Gasteiger partial charge in [-0.3, -0.25) is 24.9 Å². The first-order chi connectivity index (χ1) is 20.9. The number of carboxylic acids is 1. The molecule has 1 aliphatic rings. The molecule has 1 aliphatic heterocycles. The van der Waals surface area contributed by atoms with Gasteiger partial charge in [-0.05, 0) is 52.2 Å². The lowest BCUT2D eigenvalue weighted by Gasteiger charge is -2.33. The number of carbonyl (C=O) groups excluding carboxylic acids is 1. The maximum atomic E-state index is 13.5. The topological polar surface area (TPSA) is 155 Å². The molecule has 0 unspecified atom stereocenters. The molecule has 0 aliphatic carbocycles. The number of methoxy groups -OCH3 is 1. The normalized spacial score (nSPS) is 13.4. The first-order valence-corrected chi connectivity index (χ1v) is 15.4. The van der Waals surface area contributed by atoms with Gasteiger partial charge in [0.1, 0.15) is 12.3 Å². The Morgan fingerprint density at radius 3 is 2.07 bits per heavy atom. The first-order valence-electron chi connectivity index (χ1n) is 15.4. The molecule has 12 nitrogen and oxygen atoms in total. The summed E-state index contributed by atoms with van der Waals surface area (Å²) in [6, 6.07) is 3.74. The largest absolute Gasteiger partial charge is 0.494 e. The first kappa shape index (κ1) is 37.3. The third-order valence-corrected chi connectivity index (χ3v) is 7.53. The lowest BCUT2D eigenvalue weighted by atomic mass is 9.84. The van der Waals surface area contributed by atoms with Crippen molar-refractivity contribution in [2.45, 2.75) is 94.0 Å². The summed E-state index contributed by atoms with van der Waals surface area (Å²) in [5, 5.41) is 23.8. The van der Waals surface area contributed by atoms with Crippen LogP contribution >= 0.6 is 0 Å². The molecule has 0 bridgehead atoms. The second kappa shape index (κ2) is 15.4. The molecular formula is C33H52N6O6. The van der Waals surface area contributed by atoms with Crippen molar-refractivity contribution in [1.29, 1.82) is 5.41 Å². The van der Waals surface area contributed by atoms with Crippen molar-refractivity contribution in [1.82, 2.24) is 19.4 Å². The fourth-order valence-electron chi connectivity index (χ4n) is 4.22. The minimum atomic E-state index is -0.757. The highest BCUT2D eigenvalue weighted by Gasteiger charge is 2.27. The number of H-pyrrole nitrogens is 1. The van der Waals surface area contributed by atoms with Gasteiger partial charge in [-0.25, -0.2) is 4.68 Å². The molecule has 0 atom stereocenters. The number of benzene rings is 1. The van der Waals surface area contributed by atoms with Crippen LogP contribution in [0, 0.1) is 24.7 Å².